The molecule has 0 aliphatic carbocycles. The number of nitrogens with two attached hydrogens (primary N) is 1. The van der Waals surface area contributed by atoms with Gasteiger partial charge in [0.15, 0.2) is 0 Å². The molecule has 2 N–H and O–H groups in total. The quantitative estimate of drug-likeness (QED) is 0.762. The van der Waals surface area contributed by atoms with Crippen LogP contribution in [0, 0.1) is 6.92 Å². The fourth-order valence-electron chi connectivity index (χ4n) is 1.22. The molecule has 1 nitrogen and oxygen atoms in total. The molecule has 1 aromatic rings. The van der Waals surface area contributed by atoms with Crippen molar-refractivity contribution >= 4 is 11.3 Å². The third-order valence-corrected chi connectivity index (χ3v) is 3.13. The van der Waals surface area contributed by atoms with Crippen LogP contribution in [0.1, 0.15) is 42.0 Å². The Labute approximate surface area is 78.6 Å². The van der Waals surface area contributed by atoms with Crippen LogP contribution in [-0.4, -0.2) is 0 Å². The first kappa shape index (κ1) is 9.75. The highest BCUT2D eigenvalue weighted by Gasteiger charge is 2.06. The van der Waals surface area contributed by atoms with Crippen molar-refractivity contribution in [3.8, 4) is 0 Å². The summed E-state index contributed by atoms with van der Waals surface area (Å²) in [6, 6.07) is 4.57. The molecule has 0 radical (unpaired) electrons. The maximum atomic E-state index is 6.00. The molecule has 1 rings (SSSR count). The minimum absolute atomic E-state index is 0.267. The summed E-state index contributed by atoms with van der Waals surface area (Å²) in [6.45, 7) is 4.33. The van der Waals surface area contributed by atoms with Crippen molar-refractivity contribution in [3.05, 3.63) is 21.9 Å². The summed E-state index contributed by atoms with van der Waals surface area (Å²) < 4.78 is 0. The number of rotatable bonds is 4. The molecule has 1 atom stereocenters. The highest BCUT2D eigenvalue weighted by atomic mass is 32.1. The van der Waals surface area contributed by atoms with Crippen molar-refractivity contribution in [2.75, 3.05) is 0 Å². The van der Waals surface area contributed by atoms with Crippen molar-refractivity contribution in [2.24, 2.45) is 5.73 Å². The van der Waals surface area contributed by atoms with Gasteiger partial charge in [0.2, 0.25) is 0 Å². The highest BCUT2D eigenvalue weighted by Crippen LogP contribution is 2.24. The zero-order valence-corrected chi connectivity index (χ0v) is 8.66. The average Bonchev–Trinajstić information content (AvgIpc) is 2.47. The second-order valence-corrected chi connectivity index (χ2v) is 4.52. The van der Waals surface area contributed by atoms with Gasteiger partial charge in [0.1, 0.15) is 0 Å². The van der Waals surface area contributed by atoms with Gasteiger partial charge < -0.3 is 5.73 Å². The van der Waals surface area contributed by atoms with E-state index in [4.69, 9.17) is 5.73 Å². The van der Waals surface area contributed by atoms with Crippen molar-refractivity contribution in [1.29, 1.82) is 0 Å². The number of hydrogen-bond acceptors (Lipinski definition) is 2. The van der Waals surface area contributed by atoms with E-state index in [1.165, 1.54) is 22.6 Å². The first-order chi connectivity index (χ1) is 5.74. The van der Waals surface area contributed by atoms with Crippen LogP contribution in [0.2, 0.25) is 0 Å². The van der Waals surface area contributed by atoms with Gasteiger partial charge in [0.25, 0.3) is 0 Å². The molecular formula is C10H17NS. The largest absolute Gasteiger partial charge is 0.323 e. The normalized spacial score (nSPS) is 13.2. The molecule has 1 heterocycles. The third-order valence-electron chi connectivity index (χ3n) is 2.00. The van der Waals surface area contributed by atoms with Gasteiger partial charge in [0.05, 0.1) is 0 Å². The summed E-state index contributed by atoms with van der Waals surface area (Å²) in [6.07, 6.45) is 3.59. The predicted molar refractivity (Wildman–Crippen MR) is 55.5 cm³/mol. The van der Waals surface area contributed by atoms with Gasteiger partial charge in [-0.2, -0.15) is 0 Å². The molecule has 0 bridgehead atoms. The minimum Gasteiger partial charge on any atom is -0.323 e. The Balaban J connectivity index is 2.47. The van der Waals surface area contributed by atoms with Crippen LogP contribution in [-0.2, 0) is 0 Å². The van der Waals surface area contributed by atoms with E-state index in [-0.39, 0.29) is 6.04 Å². The number of unbranched alkanes of at least 4 members (excludes halogenated alkanes) is 1. The second-order valence-electron chi connectivity index (χ2n) is 3.20. The second kappa shape index (κ2) is 4.63. The zero-order valence-electron chi connectivity index (χ0n) is 7.84. The molecule has 0 aliphatic rings. The van der Waals surface area contributed by atoms with Crippen molar-refractivity contribution in [1.82, 2.24) is 0 Å². The molecular weight excluding hydrogens is 166 g/mol. The molecule has 2 heteroatoms. The summed E-state index contributed by atoms with van der Waals surface area (Å²) >= 11 is 1.82. The van der Waals surface area contributed by atoms with Gasteiger partial charge in [-0.15, -0.1) is 11.3 Å². The summed E-state index contributed by atoms with van der Waals surface area (Å²) in [7, 11) is 0. The molecule has 68 valence electrons. The Morgan fingerprint density at radius 3 is 2.75 bits per heavy atom. The molecule has 0 saturated carbocycles. The number of thiophene rings is 1. The molecule has 0 saturated heterocycles. The van der Waals surface area contributed by atoms with E-state index in [0.29, 0.717) is 0 Å². The molecule has 0 spiro atoms. The monoisotopic (exact) mass is 183 g/mol. The van der Waals surface area contributed by atoms with Crippen molar-refractivity contribution in [2.45, 2.75) is 39.2 Å². The van der Waals surface area contributed by atoms with Crippen molar-refractivity contribution < 1.29 is 0 Å². The molecule has 1 unspecified atom stereocenters. The lowest BCUT2D eigenvalue weighted by atomic mass is 10.1. The van der Waals surface area contributed by atoms with Crippen LogP contribution in [0.15, 0.2) is 12.1 Å². The Morgan fingerprint density at radius 2 is 2.25 bits per heavy atom. The Hall–Kier alpha value is -0.340. The van der Waals surface area contributed by atoms with Gasteiger partial charge in [-0.3, -0.25) is 0 Å². The average molecular weight is 183 g/mol. The number of aryl methyl sites for hydroxylation is 1. The maximum absolute atomic E-state index is 6.00. The molecule has 0 fully saturated rings. The van der Waals surface area contributed by atoms with Crippen LogP contribution in [0.5, 0.6) is 0 Å². The van der Waals surface area contributed by atoms with E-state index in [0.717, 1.165) is 6.42 Å². The molecule has 0 amide bonds. The van der Waals surface area contributed by atoms with Crippen LogP contribution in [0.25, 0.3) is 0 Å². The van der Waals surface area contributed by atoms with Gasteiger partial charge in [-0.05, 0) is 25.5 Å². The molecule has 1 aromatic heterocycles. The first-order valence-electron chi connectivity index (χ1n) is 4.56. The van der Waals surface area contributed by atoms with E-state index in [9.17, 15) is 0 Å². The fraction of sp³-hybridized carbons (Fsp3) is 0.600. The SMILES string of the molecule is CCCCC(N)c1ccc(C)s1. The summed E-state index contributed by atoms with van der Waals surface area (Å²) in [5.41, 5.74) is 6.00. The predicted octanol–water partition coefficient (Wildman–Crippen LogP) is 3.25. The topological polar surface area (TPSA) is 26.0 Å². The van der Waals surface area contributed by atoms with Gasteiger partial charge in [-0.1, -0.05) is 19.8 Å². The lowest BCUT2D eigenvalue weighted by Gasteiger charge is -2.07. The van der Waals surface area contributed by atoms with E-state index in [2.05, 4.69) is 26.0 Å². The van der Waals surface area contributed by atoms with Crippen LogP contribution in [0.3, 0.4) is 0 Å². The first-order valence-corrected chi connectivity index (χ1v) is 5.37. The molecule has 0 aromatic carbocycles. The summed E-state index contributed by atoms with van der Waals surface area (Å²) in [5.74, 6) is 0. The van der Waals surface area contributed by atoms with Gasteiger partial charge in [0, 0.05) is 15.8 Å². The van der Waals surface area contributed by atoms with Crippen LogP contribution in [0.4, 0.5) is 0 Å². The third kappa shape index (κ3) is 2.61. The van der Waals surface area contributed by atoms with Crippen LogP contribution < -0.4 is 5.73 Å². The van der Waals surface area contributed by atoms with E-state index in [1.54, 1.807) is 0 Å². The number of hydrogen-bond donors (Lipinski definition) is 1. The molecule has 0 aliphatic heterocycles. The maximum Gasteiger partial charge on any atom is 0.0389 e. The Morgan fingerprint density at radius 1 is 1.50 bits per heavy atom. The summed E-state index contributed by atoms with van der Waals surface area (Å²) in [5, 5.41) is 0. The van der Waals surface area contributed by atoms with E-state index < -0.39 is 0 Å². The highest BCUT2D eigenvalue weighted by molar-refractivity contribution is 7.12. The standard InChI is InChI=1S/C10H17NS/c1-3-4-5-9(11)10-7-6-8(2)12-10/h6-7,9H,3-5,11H2,1-2H3. The Kier molecular flexibility index (Phi) is 3.76. The molecule has 12 heavy (non-hydrogen) atoms. The van der Waals surface area contributed by atoms with Gasteiger partial charge >= 0.3 is 0 Å². The summed E-state index contributed by atoms with van der Waals surface area (Å²) in [4.78, 5) is 2.69. The van der Waals surface area contributed by atoms with Gasteiger partial charge in [-0.25, -0.2) is 0 Å². The minimum atomic E-state index is 0.267. The van der Waals surface area contributed by atoms with E-state index in [1.807, 2.05) is 11.3 Å². The van der Waals surface area contributed by atoms with Crippen molar-refractivity contribution in [3.63, 3.8) is 0 Å². The zero-order chi connectivity index (χ0) is 8.97. The smallest absolute Gasteiger partial charge is 0.0389 e. The fourth-order valence-corrected chi connectivity index (χ4v) is 2.13. The van der Waals surface area contributed by atoms with Crippen LogP contribution >= 0.6 is 11.3 Å². The van der Waals surface area contributed by atoms with E-state index >= 15 is 0 Å². The lowest BCUT2D eigenvalue weighted by molar-refractivity contribution is 0.611. The lowest BCUT2D eigenvalue weighted by Crippen LogP contribution is -2.07. The Bertz CT molecular complexity index is 229.